The van der Waals surface area contributed by atoms with Crippen LogP contribution in [0.5, 0.6) is 11.5 Å². The van der Waals surface area contributed by atoms with Crippen molar-refractivity contribution in [2.75, 3.05) is 6.61 Å². The Morgan fingerprint density at radius 3 is 2.86 bits per heavy atom. The van der Waals surface area contributed by atoms with E-state index in [1.165, 1.54) is 0 Å². The highest BCUT2D eigenvalue weighted by molar-refractivity contribution is 7.12. The molecule has 0 bridgehead atoms. The van der Waals surface area contributed by atoms with Gasteiger partial charge in [0.25, 0.3) is 5.91 Å². The smallest absolute Gasteiger partial charge is 0.284 e. The van der Waals surface area contributed by atoms with Crippen molar-refractivity contribution in [2.45, 2.75) is 13.0 Å². The second-order valence-electron chi connectivity index (χ2n) is 4.51. The monoisotopic (exact) mass is 302 g/mol. The molecule has 3 rings (SSSR count). The molecule has 0 fully saturated rings. The zero-order chi connectivity index (χ0) is 14.7. The molecule has 1 aliphatic heterocycles. The van der Waals surface area contributed by atoms with Gasteiger partial charge >= 0.3 is 0 Å². The summed E-state index contributed by atoms with van der Waals surface area (Å²) >= 11 is 1.57. The van der Waals surface area contributed by atoms with E-state index in [0.29, 0.717) is 11.5 Å². The lowest BCUT2D eigenvalue weighted by atomic mass is 10.2. The van der Waals surface area contributed by atoms with Crippen molar-refractivity contribution in [1.82, 2.24) is 5.43 Å². The molecular formula is C15H14N2O3S. The van der Waals surface area contributed by atoms with Crippen molar-refractivity contribution in [3.63, 3.8) is 0 Å². The van der Waals surface area contributed by atoms with Crippen LogP contribution in [0.4, 0.5) is 0 Å². The molecular weight excluding hydrogens is 288 g/mol. The van der Waals surface area contributed by atoms with Gasteiger partial charge in [-0.25, -0.2) is 5.43 Å². The molecule has 1 aliphatic rings. The molecule has 1 atom stereocenters. The van der Waals surface area contributed by atoms with Crippen molar-refractivity contribution >= 4 is 23.0 Å². The van der Waals surface area contributed by atoms with E-state index in [4.69, 9.17) is 9.47 Å². The first-order chi connectivity index (χ1) is 10.2. The first-order valence-corrected chi connectivity index (χ1v) is 7.38. The summed E-state index contributed by atoms with van der Waals surface area (Å²) in [5, 5.41) is 6.05. The SMILES string of the molecule is C/C(=N\NC(=O)C1COc2ccccc2O1)c1cccs1. The molecule has 1 amide bonds. The summed E-state index contributed by atoms with van der Waals surface area (Å²) in [4.78, 5) is 13.1. The molecule has 108 valence electrons. The largest absolute Gasteiger partial charge is 0.485 e. The van der Waals surface area contributed by atoms with Crippen LogP contribution in [-0.4, -0.2) is 24.3 Å². The van der Waals surface area contributed by atoms with Crippen molar-refractivity contribution in [3.05, 3.63) is 46.7 Å². The number of hydrogen-bond donors (Lipinski definition) is 1. The van der Waals surface area contributed by atoms with Crippen LogP contribution >= 0.6 is 11.3 Å². The average molecular weight is 302 g/mol. The molecule has 0 saturated carbocycles. The van der Waals surface area contributed by atoms with E-state index >= 15 is 0 Å². The van der Waals surface area contributed by atoms with Crippen LogP contribution in [0.3, 0.4) is 0 Å². The summed E-state index contributed by atoms with van der Waals surface area (Å²) in [7, 11) is 0. The fourth-order valence-electron chi connectivity index (χ4n) is 1.90. The van der Waals surface area contributed by atoms with Crippen LogP contribution in [0.25, 0.3) is 0 Å². The topological polar surface area (TPSA) is 59.9 Å². The number of hydrogen-bond acceptors (Lipinski definition) is 5. The molecule has 1 N–H and O–H groups in total. The number of nitrogens with one attached hydrogen (secondary N) is 1. The maximum absolute atomic E-state index is 12.1. The molecule has 0 spiro atoms. The molecule has 5 nitrogen and oxygen atoms in total. The van der Waals surface area contributed by atoms with Gasteiger partial charge in [-0.15, -0.1) is 11.3 Å². The van der Waals surface area contributed by atoms with Crippen LogP contribution in [0, 0.1) is 0 Å². The number of carbonyl (C=O) groups excluding carboxylic acids is 1. The highest BCUT2D eigenvalue weighted by Crippen LogP contribution is 2.30. The van der Waals surface area contributed by atoms with Gasteiger partial charge in [-0.05, 0) is 30.5 Å². The van der Waals surface area contributed by atoms with E-state index in [1.807, 2.05) is 42.6 Å². The van der Waals surface area contributed by atoms with E-state index in [-0.39, 0.29) is 12.5 Å². The zero-order valence-corrected chi connectivity index (χ0v) is 12.2. The third-order valence-corrected chi connectivity index (χ3v) is 3.99. The van der Waals surface area contributed by atoms with E-state index in [1.54, 1.807) is 17.4 Å². The third-order valence-electron chi connectivity index (χ3n) is 3.01. The minimum atomic E-state index is -0.695. The second-order valence-corrected chi connectivity index (χ2v) is 5.46. The number of nitrogens with zero attached hydrogens (tertiary/aromatic N) is 1. The highest BCUT2D eigenvalue weighted by Gasteiger charge is 2.27. The number of thiophene rings is 1. The van der Waals surface area contributed by atoms with Gasteiger partial charge in [0.1, 0.15) is 6.61 Å². The van der Waals surface area contributed by atoms with Crippen molar-refractivity contribution in [3.8, 4) is 11.5 Å². The lowest BCUT2D eigenvalue weighted by Gasteiger charge is -2.24. The van der Waals surface area contributed by atoms with Crippen LogP contribution in [0.1, 0.15) is 11.8 Å². The van der Waals surface area contributed by atoms with Crippen LogP contribution in [-0.2, 0) is 4.79 Å². The Balaban J connectivity index is 1.63. The molecule has 0 saturated heterocycles. The van der Waals surface area contributed by atoms with E-state index < -0.39 is 6.10 Å². The quantitative estimate of drug-likeness (QED) is 0.700. The number of amides is 1. The Bertz CT molecular complexity index is 667. The number of fused-ring (bicyclic) bond motifs is 1. The van der Waals surface area contributed by atoms with Gasteiger partial charge in [-0.1, -0.05) is 18.2 Å². The Morgan fingerprint density at radius 2 is 2.10 bits per heavy atom. The van der Waals surface area contributed by atoms with Crippen LogP contribution in [0.15, 0.2) is 46.9 Å². The van der Waals surface area contributed by atoms with Gasteiger partial charge in [-0.2, -0.15) is 5.10 Å². The summed E-state index contributed by atoms with van der Waals surface area (Å²) in [5.41, 5.74) is 3.28. The molecule has 1 aromatic carbocycles. The van der Waals surface area contributed by atoms with Gasteiger partial charge in [-0.3, -0.25) is 4.79 Å². The van der Waals surface area contributed by atoms with E-state index in [9.17, 15) is 4.79 Å². The lowest BCUT2D eigenvalue weighted by Crippen LogP contribution is -2.42. The second kappa shape index (κ2) is 5.97. The van der Waals surface area contributed by atoms with Crippen molar-refractivity contribution in [1.29, 1.82) is 0 Å². The van der Waals surface area contributed by atoms with Gasteiger partial charge in [0.05, 0.1) is 5.71 Å². The number of ether oxygens (including phenoxy) is 2. The Hall–Kier alpha value is -2.34. The molecule has 2 aromatic rings. The molecule has 0 radical (unpaired) electrons. The first kappa shape index (κ1) is 13.6. The summed E-state index contributed by atoms with van der Waals surface area (Å²) in [6.45, 7) is 2.02. The fourth-order valence-corrected chi connectivity index (χ4v) is 2.58. The Kier molecular flexibility index (Phi) is 3.87. The number of para-hydroxylation sites is 2. The molecule has 21 heavy (non-hydrogen) atoms. The summed E-state index contributed by atoms with van der Waals surface area (Å²) < 4.78 is 11.1. The maximum atomic E-state index is 12.1. The van der Waals surface area contributed by atoms with Crippen molar-refractivity contribution < 1.29 is 14.3 Å². The minimum Gasteiger partial charge on any atom is -0.485 e. The predicted octanol–water partition coefficient (Wildman–Crippen LogP) is 2.43. The standard InChI is InChI=1S/C15H14N2O3S/c1-10(14-7-4-8-21-14)16-17-15(18)13-9-19-11-5-2-3-6-12(11)20-13/h2-8,13H,9H2,1H3,(H,17,18)/b16-10+. The Labute approximate surface area is 126 Å². The summed E-state index contributed by atoms with van der Waals surface area (Å²) in [5.74, 6) is 0.906. The van der Waals surface area contributed by atoms with Gasteiger partial charge < -0.3 is 9.47 Å². The molecule has 1 aromatic heterocycles. The lowest BCUT2D eigenvalue weighted by molar-refractivity contribution is -0.130. The fraction of sp³-hybridized carbons (Fsp3) is 0.200. The average Bonchev–Trinajstić information content (AvgIpc) is 3.06. The minimum absolute atomic E-state index is 0.177. The molecule has 0 aliphatic carbocycles. The molecule has 2 heterocycles. The van der Waals surface area contributed by atoms with E-state index in [2.05, 4.69) is 10.5 Å². The summed E-state index contributed by atoms with van der Waals surface area (Å²) in [6, 6.07) is 11.2. The van der Waals surface area contributed by atoms with Crippen LogP contribution < -0.4 is 14.9 Å². The normalized spacial score (nSPS) is 17.4. The molecule has 6 heteroatoms. The number of hydrazone groups is 1. The molecule has 1 unspecified atom stereocenters. The van der Waals surface area contributed by atoms with Gasteiger partial charge in [0.2, 0.25) is 6.10 Å². The zero-order valence-electron chi connectivity index (χ0n) is 11.4. The van der Waals surface area contributed by atoms with E-state index in [0.717, 1.165) is 10.6 Å². The maximum Gasteiger partial charge on any atom is 0.284 e. The van der Waals surface area contributed by atoms with Crippen LogP contribution in [0.2, 0.25) is 0 Å². The third kappa shape index (κ3) is 3.05. The van der Waals surface area contributed by atoms with Crippen molar-refractivity contribution in [2.24, 2.45) is 5.10 Å². The summed E-state index contributed by atoms with van der Waals surface area (Å²) in [6.07, 6.45) is -0.695. The first-order valence-electron chi connectivity index (χ1n) is 6.50. The van der Waals surface area contributed by atoms with Gasteiger partial charge in [0, 0.05) is 4.88 Å². The highest BCUT2D eigenvalue weighted by atomic mass is 32.1. The Morgan fingerprint density at radius 1 is 1.29 bits per heavy atom. The predicted molar refractivity (Wildman–Crippen MR) is 81.0 cm³/mol. The number of benzene rings is 1. The number of rotatable bonds is 3. The number of carbonyl (C=O) groups is 1. The van der Waals surface area contributed by atoms with Gasteiger partial charge in [0.15, 0.2) is 11.5 Å².